The Balaban J connectivity index is 1.70. The lowest BCUT2D eigenvalue weighted by Gasteiger charge is -2.14. The highest BCUT2D eigenvalue weighted by Crippen LogP contribution is 2.38. The molecule has 2 amide bonds. The number of thioether (sulfide) groups is 1. The van der Waals surface area contributed by atoms with Crippen molar-refractivity contribution in [3.63, 3.8) is 0 Å². The number of nitrogens with one attached hydrogen (secondary N) is 1. The summed E-state index contributed by atoms with van der Waals surface area (Å²) in [4.78, 5) is 42.5. The molecular weight excluding hydrogens is 507 g/mol. The van der Waals surface area contributed by atoms with Crippen LogP contribution in [0, 0.1) is 0 Å². The number of carbonyl (C=O) groups is 3. The number of benzene rings is 2. The van der Waals surface area contributed by atoms with Gasteiger partial charge in [-0.2, -0.15) is 13.2 Å². The number of amidine groups is 1. The first-order chi connectivity index (χ1) is 16.5. The molecule has 0 spiro atoms. The molecule has 1 aliphatic rings. The zero-order valence-electron chi connectivity index (χ0n) is 18.7. The van der Waals surface area contributed by atoms with E-state index in [9.17, 15) is 27.6 Å². The topological polar surface area (TPSA) is 88.1 Å². The average Bonchev–Trinajstić information content (AvgIpc) is 3.08. The molecule has 2 aromatic carbocycles. The van der Waals surface area contributed by atoms with Crippen molar-refractivity contribution >= 4 is 57.7 Å². The molecule has 3 rings (SSSR count). The van der Waals surface area contributed by atoms with Gasteiger partial charge in [0.2, 0.25) is 11.8 Å². The maximum Gasteiger partial charge on any atom is 0.417 e. The van der Waals surface area contributed by atoms with Gasteiger partial charge in [-0.25, -0.2) is 9.79 Å². The fourth-order valence-corrected chi connectivity index (χ4v) is 4.66. The van der Waals surface area contributed by atoms with Crippen LogP contribution in [0.3, 0.4) is 0 Å². The summed E-state index contributed by atoms with van der Waals surface area (Å²) in [6.07, 6.45) is -4.82. The average molecular weight is 528 g/mol. The Morgan fingerprint density at radius 1 is 1.17 bits per heavy atom. The van der Waals surface area contributed by atoms with Gasteiger partial charge in [0.05, 0.1) is 28.4 Å². The first kappa shape index (κ1) is 26.6. The maximum atomic E-state index is 13.2. The number of nitrogens with zero attached hydrogens (tertiary/aromatic N) is 2. The third-order valence-corrected chi connectivity index (χ3v) is 6.37. The highest BCUT2D eigenvalue weighted by molar-refractivity contribution is 8.15. The van der Waals surface area contributed by atoms with Crippen molar-refractivity contribution in [1.82, 2.24) is 4.90 Å². The summed E-state index contributed by atoms with van der Waals surface area (Å²) in [5.74, 6) is -1.29. The lowest BCUT2D eigenvalue weighted by molar-refractivity contribution is -0.137. The zero-order valence-corrected chi connectivity index (χ0v) is 20.3. The number of anilines is 1. The highest BCUT2D eigenvalue weighted by Gasteiger charge is 2.39. The van der Waals surface area contributed by atoms with Crippen LogP contribution in [-0.4, -0.2) is 46.3 Å². The van der Waals surface area contributed by atoms with Crippen molar-refractivity contribution in [2.24, 2.45) is 4.99 Å². The van der Waals surface area contributed by atoms with Gasteiger partial charge in [-0.15, -0.1) is 0 Å². The molecule has 12 heteroatoms. The maximum absolute atomic E-state index is 13.2. The Morgan fingerprint density at radius 2 is 1.86 bits per heavy atom. The summed E-state index contributed by atoms with van der Waals surface area (Å²) >= 11 is 6.66. The fraction of sp³-hybridized carbons (Fsp3) is 0.304. The van der Waals surface area contributed by atoms with E-state index in [0.29, 0.717) is 11.3 Å². The second kappa shape index (κ2) is 11.1. The van der Waals surface area contributed by atoms with E-state index >= 15 is 0 Å². The quantitative estimate of drug-likeness (QED) is 0.479. The molecule has 0 aromatic heterocycles. The molecule has 0 bridgehead atoms. The monoisotopic (exact) mass is 527 g/mol. The van der Waals surface area contributed by atoms with Crippen LogP contribution in [0.25, 0.3) is 0 Å². The first-order valence-corrected chi connectivity index (χ1v) is 11.8. The van der Waals surface area contributed by atoms with Crippen molar-refractivity contribution in [3.05, 3.63) is 58.6 Å². The van der Waals surface area contributed by atoms with Gasteiger partial charge in [-0.05, 0) is 56.3 Å². The minimum absolute atomic E-state index is 0.0118. The van der Waals surface area contributed by atoms with Gasteiger partial charge in [0.15, 0.2) is 5.17 Å². The van der Waals surface area contributed by atoms with Gasteiger partial charge in [0, 0.05) is 18.7 Å². The van der Waals surface area contributed by atoms with Crippen LogP contribution in [0.15, 0.2) is 47.5 Å². The molecule has 1 aliphatic heterocycles. The van der Waals surface area contributed by atoms with Crippen LogP contribution in [0.1, 0.15) is 36.2 Å². The number of esters is 1. The lowest BCUT2D eigenvalue weighted by Crippen LogP contribution is -2.33. The van der Waals surface area contributed by atoms with E-state index in [1.165, 1.54) is 35.2 Å². The first-order valence-electron chi connectivity index (χ1n) is 10.5. The van der Waals surface area contributed by atoms with Crippen LogP contribution >= 0.6 is 23.4 Å². The van der Waals surface area contributed by atoms with Crippen LogP contribution in [0.4, 0.5) is 24.5 Å². The minimum Gasteiger partial charge on any atom is -0.462 e. The van der Waals surface area contributed by atoms with E-state index in [0.717, 1.165) is 23.9 Å². The molecule has 0 radical (unpaired) electrons. The van der Waals surface area contributed by atoms with Crippen molar-refractivity contribution in [2.75, 3.05) is 18.5 Å². The molecule has 1 fully saturated rings. The Morgan fingerprint density at radius 3 is 2.46 bits per heavy atom. The van der Waals surface area contributed by atoms with E-state index in [1.807, 2.05) is 0 Å². The molecule has 1 N–H and O–H groups in total. The zero-order chi connectivity index (χ0) is 25.8. The Kier molecular flexibility index (Phi) is 8.44. The Labute approximate surface area is 208 Å². The Bertz CT molecular complexity index is 1160. The van der Waals surface area contributed by atoms with E-state index in [1.54, 1.807) is 13.8 Å². The number of alkyl halides is 3. The molecule has 1 unspecified atom stereocenters. The van der Waals surface area contributed by atoms with E-state index in [-0.39, 0.29) is 36.3 Å². The smallest absolute Gasteiger partial charge is 0.417 e. The molecule has 35 heavy (non-hydrogen) atoms. The number of rotatable bonds is 7. The van der Waals surface area contributed by atoms with Gasteiger partial charge in [0.1, 0.15) is 5.25 Å². The lowest BCUT2D eigenvalue weighted by atomic mass is 10.2. The SMILES string of the molecule is CCOC(=O)c1ccc(NC(=O)CC2SC(=Nc3ccc(Cl)c(C(F)(F)F)c3)N(CC)C2=O)cc1. The van der Waals surface area contributed by atoms with Gasteiger partial charge >= 0.3 is 12.1 Å². The number of carbonyl (C=O) groups excluding carboxylic acids is 3. The van der Waals surface area contributed by atoms with Gasteiger partial charge in [-0.3, -0.25) is 14.5 Å². The summed E-state index contributed by atoms with van der Waals surface area (Å²) in [6.45, 7) is 3.87. The van der Waals surface area contributed by atoms with E-state index < -0.39 is 33.9 Å². The van der Waals surface area contributed by atoms with Crippen molar-refractivity contribution in [2.45, 2.75) is 31.7 Å². The number of hydrogen-bond donors (Lipinski definition) is 1. The third kappa shape index (κ3) is 6.55. The second-order valence-electron chi connectivity index (χ2n) is 7.30. The molecule has 1 heterocycles. The van der Waals surface area contributed by atoms with Crippen molar-refractivity contribution in [3.8, 4) is 0 Å². The molecule has 186 valence electrons. The van der Waals surface area contributed by atoms with Gasteiger partial charge in [-0.1, -0.05) is 23.4 Å². The molecule has 1 atom stereocenters. The summed E-state index contributed by atoms with van der Waals surface area (Å²) in [5.41, 5.74) is -0.271. The predicted molar refractivity (Wildman–Crippen MR) is 128 cm³/mol. The number of ether oxygens (including phenoxy) is 1. The molecule has 0 saturated carbocycles. The van der Waals surface area contributed by atoms with Gasteiger partial charge < -0.3 is 10.1 Å². The summed E-state index contributed by atoms with van der Waals surface area (Å²) in [7, 11) is 0. The Hall–Kier alpha value is -3.05. The third-order valence-electron chi connectivity index (χ3n) is 4.87. The van der Waals surface area contributed by atoms with E-state index in [4.69, 9.17) is 16.3 Å². The normalized spacial score (nSPS) is 17.1. The van der Waals surface area contributed by atoms with Crippen LogP contribution in [0.2, 0.25) is 5.02 Å². The number of aliphatic imine (C=N–C) groups is 1. The summed E-state index contributed by atoms with van der Waals surface area (Å²) < 4.78 is 44.4. The van der Waals surface area contributed by atoms with Gasteiger partial charge in [0.25, 0.3) is 0 Å². The largest absolute Gasteiger partial charge is 0.462 e. The van der Waals surface area contributed by atoms with Crippen LogP contribution in [-0.2, 0) is 20.5 Å². The summed E-state index contributed by atoms with van der Waals surface area (Å²) in [6, 6.07) is 9.33. The van der Waals surface area contributed by atoms with E-state index in [2.05, 4.69) is 10.3 Å². The predicted octanol–water partition coefficient (Wildman–Crippen LogP) is 5.52. The number of hydrogen-bond acceptors (Lipinski definition) is 6. The minimum atomic E-state index is -4.65. The van der Waals surface area contributed by atoms with Crippen molar-refractivity contribution < 1.29 is 32.3 Å². The molecule has 7 nitrogen and oxygen atoms in total. The highest BCUT2D eigenvalue weighted by atomic mass is 35.5. The fourth-order valence-electron chi connectivity index (χ4n) is 3.21. The standard InChI is InChI=1S/C23H21ClF3N3O4S/c1-3-30-20(32)18(12-19(31)28-14-7-5-13(6-8-14)21(33)34-4-2)35-22(30)29-15-9-10-17(24)16(11-15)23(25,26)27/h5-11,18H,3-4,12H2,1-2H3,(H,28,31). The molecule has 0 aliphatic carbocycles. The molecular formula is C23H21ClF3N3O4S. The molecule has 2 aromatic rings. The van der Waals surface area contributed by atoms with Crippen LogP contribution < -0.4 is 5.32 Å². The summed E-state index contributed by atoms with van der Waals surface area (Å²) in [5, 5.41) is 1.62. The van der Waals surface area contributed by atoms with Crippen molar-refractivity contribution in [1.29, 1.82) is 0 Å². The second-order valence-corrected chi connectivity index (χ2v) is 8.87. The number of halogens is 4. The van der Waals surface area contributed by atoms with Crippen LogP contribution in [0.5, 0.6) is 0 Å². The number of amides is 2. The molecule has 1 saturated heterocycles.